The van der Waals surface area contributed by atoms with E-state index in [1.165, 1.54) is 5.56 Å². The summed E-state index contributed by atoms with van der Waals surface area (Å²) in [6.45, 7) is 5.68. The Morgan fingerprint density at radius 3 is 2.41 bits per heavy atom. The van der Waals surface area contributed by atoms with Crippen molar-refractivity contribution in [3.05, 3.63) is 34.3 Å². The molecule has 0 fully saturated rings. The first-order chi connectivity index (χ1) is 7.95. The molecule has 2 nitrogen and oxygen atoms in total. The second-order valence-electron chi connectivity index (χ2n) is 4.66. The lowest BCUT2D eigenvalue weighted by Gasteiger charge is -2.21. The first kappa shape index (κ1) is 14.5. The van der Waals surface area contributed by atoms with Gasteiger partial charge in [0.15, 0.2) is 0 Å². The maximum absolute atomic E-state index is 9.74. The molecule has 0 aliphatic heterocycles. The second kappa shape index (κ2) is 6.39. The van der Waals surface area contributed by atoms with Gasteiger partial charge in [0.05, 0.1) is 12.2 Å². The zero-order valence-electron chi connectivity index (χ0n) is 10.7. The summed E-state index contributed by atoms with van der Waals surface area (Å²) in [5.41, 5.74) is 2.23. The van der Waals surface area contributed by atoms with Crippen LogP contribution in [0.2, 0.25) is 5.02 Å². The quantitative estimate of drug-likeness (QED) is 0.849. The predicted molar refractivity (Wildman–Crippen MR) is 71.5 cm³/mol. The minimum absolute atomic E-state index is 0.260. The minimum Gasteiger partial charge on any atom is -0.391 e. The number of hydrogen-bond acceptors (Lipinski definition) is 2. The summed E-state index contributed by atoms with van der Waals surface area (Å²) in [4.78, 5) is 0. The first-order valence-corrected chi connectivity index (χ1v) is 6.45. The van der Waals surface area contributed by atoms with Crippen molar-refractivity contribution in [3.8, 4) is 0 Å². The molecular weight excluding hydrogens is 236 g/mol. The van der Waals surface area contributed by atoms with Crippen LogP contribution in [0.1, 0.15) is 43.7 Å². The summed E-state index contributed by atoms with van der Waals surface area (Å²) in [6, 6.07) is 5.95. The molecule has 96 valence electrons. The van der Waals surface area contributed by atoms with Gasteiger partial charge >= 0.3 is 0 Å². The molecule has 0 spiro atoms. The fourth-order valence-electron chi connectivity index (χ4n) is 1.95. The number of aliphatic hydroxyl groups is 2. The summed E-state index contributed by atoms with van der Waals surface area (Å²) < 4.78 is 0. The zero-order valence-corrected chi connectivity index (χ0v) is 11.4. The van der Waals surface area contributed by atoms with E-state index in [1.807, 2.05) is 19.1 Å². The van der Waals surface area contributed by atoms with Gasteiger partial charge in [0.2, 0.25) is 0 Å². The van der Waals surface area contributed by atoms with Gasteiger partial charge in [-0.2, -0.15) is 0 Å². The van der Waals surface area contributed by atoms with Crippen LogP contribution in [0.3, 0.4) is 0 Å². The van der Waals surface area contributed by atoms with Crippen molar-refractivity contribution in [2.24, 2.45) is 0 Å². The van der Waals surface area contributed by atoms with E-state index in [1.54, 1.807) is 6.92 Å². The van der Waals surface area contributed by atoms with Crippen molar-refractivity contribution in [1.29, 1.82) is 0 Å². The average molecular weight is 257 g/mol. The molecule has 0 heterocycles. The maximum atomic E-state index is 9.74. The first-order valence-electron chi connectivity index (χ1n) is 6.07. The molecule has 0 saturated carbocycles. The Morgan fingerprint density at radius 2 is 1.94 bits per heavy atom. The van der Waals surface area contributed by atoms with Crippen LogP contribution < -0.4 is 0 Å². The van der Waals surface area contributed by atoms with E-state index in [2.05, 4.69) is 13.0 Å². The molecule has 0 saturated heterocycles. The lowest BCUT2D eigenvalue weighted by atomic mass is 9.89. The van der Waals surface area contributed by atoms with Gasteiger partial charge in [-0.1, -0.05) is 30.7 Å². The Labute approximate surface area is 108 Å². The molecule has 3 atom stereocenters. The molecule has 0 aromatic heterocycles. The van der Waals surface area contributed by atoms with Crippen LogP contribution in [0.5, 0.6) is 0 Å². The number of aryl methyl sites for hydroxylation is 1. The molecule has 2 N–H and O–H groups in total. The van der Waals surface area contributed by atoms with E-state index in [0.29, 0.717) is 6.42 Å². The molecular formula is C14H21ClO2. The topological polar surface area (TPSA) is 40.5 Å². The number of hydrogen-bond donors (Lipinski definition) is 2. The summed E-state index contributed by atoms with van der Waals surface area (Å²) in [5.74, 6) is 0.260. The Kier molecular flexibility index (Phi) is 5.44. The van der Waals surface area contributed by atoms with Crippen molar-refractivity contribution in [2.75, 3.05) is 0 Å². The van der Waals surface area contributed by atoms with Crippen LogP contribution in [0, 0.1) is 6.92 Å². The lowest BCUT2D eigenvalue weighted by molar-refractivity contribution is 0.0215. The van der Waals surface area contributed by atoms with Gasteiger partial charge in [-0.3, -0.25) is 0 Å². The van der Waals surface area contributed by atoms with Crippen molar-refractivity contribution < 1.29 is 10.2 Å². The fourth-order valence-corrected chi connectivity index (χ4v) is 2.07. The molecule has 0 aliphatic rings. The van der Waals surface area contributed by atoms with Gasteiger partial charge in [0.25, 0.3) is 0 Å². The van der Waals surface area contributed by atoms with Gasteiger partial charge in [-0.05, 0) is 49.8 Å². The smallest absolute Gasteiger partial charge is 0.0802 e. The second-order valence-corrected chi connectivity index (χ2v) is 5.06. The molecule has 17 heavy (non-hydrogen) atoms. The third-order valence-corrected chi connectivity index (χ3v) is 3.65. The Hall–Kier alpha value is -0.570. The highest BCUT2D eigenvalue weighted by molar-refractivity contribution is 6.31. The third-order valence-electron chi connectivity index (χ3n) is 3.23. The van der Waals surface area contributed by atoms with Crippen LogP contribution in [0.15, 0.2) is 18.2 Å². The summed E-state index contributed by atoms with van der Waals surface area (Å²) in [7, 11) is 0. The highest BCUT2D eigenvalue weighted by Crippen LogP contribution is 2.28. The van der Waals surface area contributed by atoms with E-state index < -0.39 is 12.2 Å². The van der Waals surface area contributed by atoms with Gasteiger partial charge in [0.1, 0.15) is 0 Å². The molecule has 1 rings (SSSR count). The van der Waals surface area contributed by atoms with Crippen molar-refractivity contribution >= 4 is 11.6 Å². The molecule has 0 aliphatic carbocycles. The van der Waals surface area contributed by atoms with E-state index >= 15 is 0 Å². The largest absolute Gasteiger partial charge is 0.391 e. The van der Waals surface area contributed by atoms with Crippen molar-refractivity contribution in [3.63, 3.8) is 0 Å². The SMILES string of the molecule is CCC(CC(O)C(C)O)c1ccc(Cl)c(C)c1. The fraction of sp³-hybridized carbons (Fsp3) is 0.571. The van der Waals surface area contributed by atoms with E-state index in [0.717, 1.165) is 17.0 Å². The standard InChI is InChI=1S/C14H21ClO2/c1-4-11(8-14(17)10(3)16)12-5-6-13(15)9(2)7-12/h5-7,10-11,14,16-17H,4,8H2,1-3H3. The van der Waals surface area contributed by atoms with Crippen LogP contribution >= 0.6 is 11.6 Å². The number of rotatable bonds is 5. The molecule has 0 amide bonds. The average Bonchev–Trinajstić information content (AvgIpc) is 2.29. The van der Waals surface area contributed by atoms with Gasteiger partial charge in [0, 0.05) is 5.02 Å². The Morgan fingerprint density at radius 1 is 1.29 bits per heavy atom. The number of aliphatic hydroxyl groups excluding tert-OH is 2. The van der Waals surface area contributed by atoms with Crippen LogP contribution in [0.25, 0.3) is 0 Å². The molecule has 3 heteroatoms. The van der Waals surface area contributed by atoms with Crippen LogP contribution in [0.4, 0.5) is 0 Å². The van der Waals surface area contributed by atoms with E-state index in [4.69, 9.17) is 11.6 Å². The van der Waals surface area contributed by atoms with Crippen LogP contribution in [-0.4, -0.2) is 22.4 Å². The highest BCUT2D eigenvalue weighted by Gasteiger charge is 2.18. The van der Waals surface area contributed by atoms with E-state index in [9.17, 15) is 10.2 Å². The number of benzene rings is 1. The van der Waals surface area contributed by atoms with Crippen molar-refractivity contribution in [1.82, 2.24) is 0 Å². The van der Waals surface area contributed by atoms with Crippen molar-refractivity contribution in [2.45, 2.75) is 51.7 Å². The van der Waals surface area contributed by atoms with Gasteiger partial charge < -0.3 is 10.2 Å². The summed E-state index contributed by atoms with van der Waals surface area (Å²) in [6.07, 6.45) is 0.161. The molecule has 3 unspecified atom stereocenters. The monoisotopic (exact) mass is 256 g/mol. The molecule has 0 bridgehead atoms. The van der Waals surface area contributed by atoms with Gasteiger partial charge in [-0.15, -0.1) is 0 Å². The predicted octanol–water partition coefficient (Wildman–Crippen LogP) is 3.27. The zero-order chi connectivity index (χ0) is 13.0. The van der Waals surface area contributed by atoms with Crippen LogP contribution in [-0.2, 0) is 0 Å². The maximum Gasteiger partial charge on any atom is 0.0802 e. The van der Waals surface area contributed by atoms with Gasteiger partial charge in [-0.25, -0.2) is 0 Å². The lowest BCUT2D eigenvalue weighted by Crippen LogP contribution is -2.24. The minimum atomic E-state index is -0.683. The van der Waals surface area contributed by atoms with E-state index in [-0.39, 0.29) is 5.92 Å². The highest BCUT2D eigenvalue weighted by atomic mass is 35.5. The number of halogens is 1. The molecule has 1 aromatic rings. The summed E-state index contributed by atoms with van der Waals surface area (Å²) in [5, 5.41) is 19.8. The Balaban J connectivity index is 2.82. The normalized spacial score (nSPS) is 16.6. The molecule has 0 radical (unpaired) electrons. The Bertz CT molecular complexity index is 363. The third kappa shape index (κ3) is 3.98. The summed E-state index contributed by atoms with van der Waals surface area (Å²) >= 11 is 6.00. The molecule has 1 aromatic carbocycles.